The Kier molecular flexibility index (Phi) is 4.36. The highest BCUT2D eigenvalue weighted by Gasteiger charge is 2.40. The van der Waals surface area contributed by atoms with E-state index in [1.165, 1.54) is 4.90 Å². The van der Waals surface area contributed by atoms with E-state index in [-0.39, 0.29) is 18.3 Å². The fourth-order valence-corrected chi connectivity index (χ4v) is 3.66. The summed E-state index contributed by atoms with van der Waals surface area (Å²) in [6.45, 7) is 0.0819. The van der Waals surface area contributed by atoms with E-state index in [4.69, 9.17) is 39.5 Å². The van der Waals surface area contributed by atoms with Gasteiger partial charge in [0.15, 0.2) is 0 Å². The van der Waals surface area contributed by atoms with E-state index >= 15 is 0 Å². The molecular formula is C14H11BrCl3NO3. The molecule has 0 bridgehead atoms. The monoisotopic (exact) mass is 425 g/mol. The number of amides is 1. The topological polar surface area (TPSA) is 46.6 Å². The van der Waals surface area contributed by atoms with Crippen molar-refractivity contribution in [2.24, 2.45) is 0 Å². The van der Waals surface area contributed by atoms with Crippen molar-refractivity contribution in [1.82, 2.24) is 0 Å². The van der Waals surface area contributed by atoms with Crippen molar-refractivity contribution in [2.75, 3.05) is 18.1 Å². The van der Waals surface area contributed by atoms with Gasteiger partial charge in [-0.2, -0.15) is 0 Å². The summed E-state index contributed by atoms with van der Waals surface area (Å²) in [5.41, 5.74) is 2.76. The molecule has 1 aliphatic heterocycles. The van der Waals surface area contributed by atoms with Crippen LogP contribution in [0.3, 0.4) is 0 Å². The van der Waals surface area contributed by atoms with Gasteiger partial charge < -0.3 is 4.74 Å². The number of halogens is 4. The van der Waals surface area contributed by atoms with Crippen molar-refractivity contribution in [3.8, 4) is 0 Å². The molecule has 0 spiro atoms. The molecule has 0 aromatic heterocycles. The number of anilines is 1. The number of rotatable bonds is 1. The van der Waals surface area contributed by atoms with E-state index in [0.29, 0.717) is 19.4 Å². The molecule has 118 valence electrons. The van der Waals surface area contributed by atoms with Crippen LogP contribution in [-0.2, 0) is 16.0 Å². The molecule has 0 N–H and O–H groups in total. The van der Waals surface area contributed by atoms with Crippen molar-refractivity contribution < 1.29 is 14.3 Å². The second-order valence-corrected chi connectivity index (χ2v) is 8.73. The van der Waals surface area contributed by atoms with Crippen molar-refractivity contribution in [2.45, 2.75) is 22.6 Å². The fraction of sp³-hybridized carbons (Fsp3) is 0.429. The van der Waals surface area contributed by atoms with Gasteiger partial charge in [-0.05, 0) is 23.3 Å². The van der Waals surface area contributed by atoms with Crippen molar-refractivity contribution >= 4 is 68.3 Å². The molecule has 2 aliphatic rings. The van der Waals surface area contributed by atoms with E-state index in [9.17, 15) is 9.59 Å². The van der Waals surface area contributed by atoms with Crippen LogP contribution in [0, 0.1) is 0 Å². The molecule has 4 nitrogen and oxygen atoms in total. The highest BCUT2D eigenvalue weighted by atomic mass is 79.9. The van der Waals surface area contributed by atoms with Gasteiger partial charge in [-0.25, -0.2) is 4.79 Å². The SMILES string of the molecule is O=C1Cc2c(Br)ccc3c2C(C1)CN3C(=O)OCC(Cl)(Cl)Cl. The maximum Gasteiger partial charge on any atom is 0.414 e. The summed E-state index contributed by atoms with van der Waals surface area (Å²) in [5, 5.41) is 0. The average Bonchev–Trinajstić information content (AvgIpc) is 2.78. The quantitative estimate of drug-likeness (QED) is 0.625. The lowest BCUT2D eigenvalue weighted by molar-refractivity contribution is -0.119. The lowest BCUT2D eigenvalue weighted by Crippen LogP contribution is -2.33. The highest BCUT2D eigenvalue weighted by molar-refractivity contribution is 9.10. The van der Waals surface area contributed by atoms with Crippen LogP contribution in [0.15, 0.2) is 16.6 Å². The normalized spacial score (nSPS) is 20.1. The lowest BCUT2D eigenvalue weighted by atomic mass is 9.83. The molecule has 1 amide bonds. The molecule has 0 fully saturated rings. The van der Waals surface area contributed by atoms with Gasteiger partial charge in [0, 0.05) is 29.8 Å². The molecule has 8 heteroatoms. The predicted molar refractivity (Wildman–Crippen MR) is 89.2 cm³/mol. The minimum absolute atomic E-state index is 0.00376. The van der Waals surface area contributed by atoms with Crippen LogP contribution < -0.4 is 4.90 Å². The van der Waals surface area contributed by atoms with Crippen molar-refractivity contribution in [3.05, 3.63) is 27.7 Å². The first-order chi connectivity index (χ1) is 10.3. The van der Waals surface area contributed by atoms with E-state index in [2.05, 4.69) is 15.9 Å². The number of hydrogen-bond acceptors (Lipinski definition) is 3. The Balaban J connectivity index is 1.89. The number of Topliss-reactive ketones (excluding diaryl/α,β-unsaturated/α-hetero) is 1. The minimum Gasteiger partial charge on any atom is -0.445 e. The van der Waals surface area contributed by atoms with Gasteiger partial charge >= 0.3 is 6.09 Å². The van der Waals surface area contributed by atoms with Crippen LogP contribution in [-0.4, -0.2) is 28.8 Å². The minimum atomic E-state index is -1.65. The van der Waals surface area contributed by atoms with E-state index in [1.807, 2.05) is 12.1 Å². The molecular weight excluding hydrogens is 416 g/mol. The van der Waals surface area contributed by atoms with Gasteiger partial charge in [0.2, 0.25) is 3.79 Å². The summed E-state index contributed by atoms with van der Waals surface area (Å²) in [6.07, 6.45) is 0.250. The first kappa shape index (κ1) is 16.4. The predicted octanol–water partition coefficient (Wildman–Crippen LogP) is 4.37. The first-order valence-corrected chi connectivity index (χ1v) is 8.53. The second-order valence-electron chi connectivity index (χ2n) is 5.36. The molecule has 0 saturated heterocycles. The average molecular weight is 428 g/mol. The molecule has 0 radical (unpaired) electrons. The Morgan fingerprint density at radius 2 is 2.14 bits per heavy atom. The molecule has 1 atom stereocenters. The second kappa shape index (κ2) is 5.86. The number of hydrogen-bond donors (Lipinski definition) is 0. The Morgan fingerprint density at radius 1 is 1.41 bits per heavy atom. The molecule has 1 aromatic carbocycles. The van der Waals surface area contributed by atoms with Gasteiger partial charge in [0.05, 0.1) is 5.69 Å². The molecule has 1 heterocycles. The largest absolute Gasteiger partial charge is 0.445 e. The Bertz CT molecular complexity index is 659. The Hall–Kier alpha value is -0.490. The number of ether oxygens (including phenoxy) is 1. The Morgan fingerprint density at radius 3 is 2.82 bits per heavy atom. The van der Waals surface area contributed by atoms with Gasteiger partial charge in [0.1, 0.15) is 12.4 Å². The zero-order valence-electron chi connectivity index (χ0n) is 11.2. The van der Waals surface area contributed by atoms with Crippen molar-refractivity contribution in [1.29, 1.82) is 0 Å². The number of nitrogens with zero attached hydrogens (tertiary/aromatic N) is 1. The van der Waals surface area contributed by atoms with Crippen LogP contribution in [0.5, 0.6) is 0 Å². The number of carbonyl (C=O) groups is 2. The zero-order chi connectivity index (χ0) is 16.1. The van der Waals surface area contributed by atoms with E-state index in [0.717, 1.165) is 21.3 Å². The number of benzene rings is 1. The van der Waals surface area contributed by atoms with Crippen LogP contribution in [0.2, 0.25) is 0 Å². The summed E-state index contributed by atoms with van der Waals surface area (Å²) in [4.78, 5) is 25.6. The van der Waals surface area contributed by atoms with Crippen LogP contribution in [0.1, 0.15) is 23.5 Å². The fourth-order valence-electron chi connectivity index (χ4n) is 3.01. The van der Waals surface area contributed by atoms with Crippen LogP contribution in [0.25, 0.3) is 0 Å². The van der Waals surface area contributed by atoms with Crippen LogP contribution in [0.4, 0.5) is 10.5 Å². The summed E-state index contributed by atoms with van der Waals surface area (Å²) in [5.74, 6) is 0.177. The van der Waals surface area contributed by atoms with Gasteiger partial charge in [-0.3, -0.25) is 9.69 Å². The van der Waals surface area contributed by atoms with Gasteiger partial charge in [-0.1, -0.05) is 50.7 Å². The molecule has 1 aromatic rings. The number of ketones is 1. The summed E-state index contributed by atoms with van der Waals surface area (Å²) in [7, 11) is 0. The number of alkyl halides is 3. The van der Waals surface area contributed by atoms with E-state index < -0.39 is 9.89 Å². The standard InChI is InChI=1S/C14H11BrCl3NO3/c15-10-1-2-11-12-7(3-8(20)4-9(10)12)5-19(11)13(21)22-6-14(16,17)18/h1-2,7H,3-6H2. The number of carbonyl (C=O) groups excluding carboxylic acids is 2. The van der Waals surface area contributed by atoms with E-state index in [1.54, 1.807) is 0 Å². The third-order valence-electron chi connectivity index (χ3n) is 3.81. The molecule has 3 rings (SSSR count). The molecule has 1 aliphatic carbocycles. The lowest BCUT2D eigenvalue weighted by Gasteiger charge is -2.20. The van der Waals surface area contributed by atoms with Gasteiger partial charge in [0.25, 0.3) is 0 Å². The smallest absolute Gasteiger partial charge is 0.414 e. The third-order valence-corrected chi connectivity index (χ3v) is 4.88. The maximum atomic E-state index is 12.2. The zero-order valence-corrected chi connectivity index (χ0v) is 15.1. The molecule has 22 heavy (non-hydrogen) atoms. The molecule has 0 saturated carbocycles. The first-order valence-electron chi connectivity index (χ1n) is 6.60. The summed E-state index contributed by atoms with van der Waals surface area (Å²) in [6, 6.07) is 3.68. The maximum absolute atomic E-state index is 12.2. The molecule has 1 unspecified atom stereocenters. The summed E-state index contributed by atoms with van der Waals surface area (Å²) < 4.78 is 4.30. The van der Waals surface area contributed by atoms with Crippen molar-refractivity contribution in [3.63, 3.8) is 0 Å². The summed E-state index contributed by atoms with van der Waals surface area (Å²) >= 11 is 20.3. The Labute approximate surface area is 150 Å². The highest BCUT2D eigenvalue weighted by Crippen LogP contribution is 2.46. The van der Waals surface area contributed by atoms with Gasteiger partial charge in [-0.15, -0.1) is 0 Å². The van der Waals surface area contributed by atoms with Crippen LogP contribution >= 0.6 is 50.7 Å². The third kappa shape index (κ3) is 3.09.